The highest BCUT2D eigenvalue weighted by Gasteiger charge is 2.30. The zero-order valence-corrected chi connectivity index (χ0v) is 17.8. The lowest BCUT2D eigenvalue weighted by molar-refractivity contribution is -1.03. The van der Waals surface area contributed by atoms with Crippen LogP contribution in [0.1, 0.15) is 30.9 Å². The molecule has 12 heteroatoms. The highest BCUT2D eigenvalue weighted by Crippen LogP contribution is 2.35. The van der Waals surface area contributed by atoms with E-state index < -0.39 is 15.8 Å². The first kappa shape index (κ1) is 21.5. The lowest BCUT2D eigenvalue weighted by atomic mass is 10.2. The quantitative estimate of drug-likeness (QED) is 0.307. The third-order valence-electron chi connectivity index (χ3n) is 4.46. The van der Waals surface area contributed by atoms with E-state index in [0.717, 1.165) is 10.1 Å². The molecule has 2 aromatic heterocycles. The van der Waals surface area contributed by atoms with Crippen LogP contribution in [-0.2, 0) is 10.0 Å². The summed E-state index contributed by atoms with van der Waals surface area (Å²) in [6, 6.07) is 7.58. The highest BCUT2D eigenvalue weighted by atomic mass is 32.2. The minimum atomic E-state index is -3.87. The first-order chi connectivity index (χ1) is 14.1. The molecule has 0 bridgehead atoms. The van der Waals surface area contributed by atoms with Crippen LogP contribution in [0.15, 0.2) is 44.3 Å². The molecule has 3 aromatic rings. The maximum atomic E-state index is 12.4. The van der Waals surface area contributed by atoms with Gasteiger partial charge in [-0.25, -0.2) is 12.7 Å². The number of sulfonamides is 1. The van der Waals surface area contributed by atoms with Crippen LogP contribution in [-0.4, -0.2) is 42.3 Å². The van der Waals surface area contributed by atoms with Gasteiger partial charge in [0.05, 0.1) is 5.69 Å². The van der Waals surface area contributed by atoms with Crippen molar-refractivity contribution in [1.82, 2.24) is 9.46 Å². The smallest absolute Gasteiger partial charge is 0.366 e. The first-order valence-corrected chi connectivity index (χ1v) is 10.5. The van der Waals surface area contributed by atoms with Crippen molar-refractivity contribution in [3.63, 3.8) is 0 Å². The van der Waals surface area contributed by atoms with Crippen molar-refractivity contribution in [3.8, 4) is 5.75 Å². The Balaban J connectivity index is 1.93. The van der Waals surface area contributed by atoms with Gasteiger partial charge in [-0.1, -0.05) is 17.6 Å². The van der Waals surface area contributed by atoms with Crippen LogP contribution in [0.4, 0.5) is 17.3 Å². The van der Waals surface area contributed by atoms with E-state index in [-0.39, 0.29) is 28.3 Å². The summed E-state index contributed by atoms with van der Waals surface area (Å²) in [7, 11) is -1.14. The molecule has 0 spiro atoms. The third-order valence-corrected chi connectivity index (χ3v) is 6.31. The van der Waals surface area contributed by atoms with Crippen molar-refractivity contribution in [2.75, 3.05) is 24.7 Å². The Kier molecular flexibility index (Phi) is 5.89. The number of aromatic hydroxyl groups is 1. The molecule has 0 aliphatic heterocycles. The monoisotopic (exact) mass is 438 g/mol. The average molecular weight is 438 g/mol. The van der Waals surface area contributed by atoms with Gasteiger partial charge in [-0.2, -0.15) is 0 Å². The van der Waals surface area contributed by atoms with Crippen molar-refractivity contribution in [3.05, 3.63) is 41.9 Å². The summed E-state index contributed by atoms with van der Waals surface area (Å²) in [5.74, 6) is 1.02. The van der Waals surface area contributed by atoms with E-state index in [1.165, 1.54) is 32.3 Å². The number of phenols is 1. The van der Waals surface area contributed by atoms with E-state index in [1.807, 2.05) is 26.0 Å². The van der Waals surface area contributed by atoms with Crippen molar-refractivity contribution in [1.29, 1.82) is 0 Å². The van der Waals surface area contributed by atoms with Gasteiger partial charge in [-0.3, -0.25) is 5.32 Å². The van der Waals surface area contributed by atoms with E-state index in [0.29, 0.717) is 17.1 Å². The molecule has 162 valence electrons. The Morgan fingerprint density at radius 1 is 1.27 bits per heavy atom. The van der Waals surface area contributed by atoms with Gasteiger partial charge in [-0.05, 0) is 37.6 Å². The van der Waals surface area contributed by atoms with E-state index in [9.17, 15) is 18.7 Å². The van der Waals surface area contributed by atoms with Gasteiger partial charge in [0.25, 0.3) is 0 Å². The first-order valence-electron chi connectivity index (χ1n) is 9.11. The van der Waals surface area contributed by atoms with Crippen molar-refractivity contribution >= 4 is 27.3 Å². The molecular formula is C18H24N5O6S+. The minimum absolute atomic E-state index is 0.0360. The maximum absolute atomic E-state index is 12.4. The van der Waals surface area contributed by atoms with Gasteiger partial charge >= 0.3 is 11.6 Å². The van der Waals surface area contributed by atoms with Gasteiger partial charge in [-0.15, -0.1) is 0 Å². The molecule has 0 aliphatic carbocycles. The number of aryl methyl sites for hydroxylation is 1. The van der Waals surface area contributed by atoms with Crippen molar-refractivity contribution in [2.24, 2.45) is 0 Å². The Morgan fingerprint density at radius 2 is 2.00 bits per heavy atom. The molecule has 11 nitrogen and oxygen atoms in total. The predicted molar refractivity (Wildman–Crippen MR) is 106 cm³/mol. The van der Waals surface area contributed by atoms with E-state index in [1.54, 1.807) is 0 Å². The lowest BCUT2D eigenvalue weighted by Crippen LogP contribution is -2.32. The summed E-state index contributed by atoms with van der Waals surface area (Å²) in [6.07, 6.45) is 0.624. The molecule has 3 rings (SSSR count). The number of rotatable bonds is 8. The molecule has 0 radical (unpaired) electrons. The average Bonchev–Trinajstić information content (AvgIpc) is 3.27. The molecule has 30 heavy (non-hydrogen) atoms. The number of anilines is 3. The second kappa shape index (κ2) is 8.24. The van der Waals surface area contributed by atoms with Crippen LogP contribution in [0.3, 0.4) is 0 Å². The number of nitrogens with zero attached hydrogens (tertiary/aromatic N) is 3. The molecule has 2 heterocycles. The maximum Gasteiger partial charge on any atom is 0.366 e. The van der Waals surface area contributed by atoms with Gasteiger partial charge in [0, 0.05) is 14.1 Å². The van der Waals surface area contributed by atoms with Gasteiger partial charge < -0.3 is 20.0 Å². The third kappa shape index (κ3) is 4.04. The molecule has 0 aliphatic rings. The molecule has 0 saturated heterocycles. The van der Waals surface area contributed by atoms with Crippen LogP contribution >= 0.6 is 0 Å². The fourth-order valence-corrected chi connectivity index (χ4v) is 3.79. The predicted octanol–water partition coefficient (Wildman–Crippen LogP) is 2.36. The lowest BCUT2D eigenvalue weighted by Gasteiger charge is -2.14. The zero-order valence-electron chi connectivity index (χ0n) is 16.9. The SMILES string of the molecule is CC[C@@H](Nc1c(Nc2cccc(S(=O)(=O)N(C)C)c2O)no[n+]1O)c1ccc(C)o1. The Bertz CT molecular complexity index is 1140. The number of hydrogen-bond acceptors (Lipinski definition) is 9. The second-order valence-electron chi connectivity index (χ2n) is 6.76. The highest BCUT2D eigenvalue weighted by molar-refractivity contribution is 7.89. The number of nitrogens with one attached hydrogen (secondary N) is 2. The molecule has 0 amide bonds. The summed E-state index contributed by atoms with van der Waals surface area (Å²) in [5.41, 5.74) is 0.0665. The van der Waals surface area contributed by atoms with E-state index in [4.69, 9.17) is 9.05 Å². The number of para-hydroxylation sites is 1. The molecule has 0 unspecified atom stereocenters. The van der Waals surface area contributed by atoms with Crippen molar-refractivity contribution in [2.45, 2.75) is 31.2 Å². The Hall–Kier alpha value is -3.25. The zero-order chi connectivity index (χ0) is 22.1. The Labute approximate surface area is 173 Å². The largest absolute Gasteiger partial charge is 0.504 e. The molecular weight excluding hydrogens is 414 g/mol. The van der Waals surface area contributed by atoms with Crippen LogP contribution in [0.25, 0.3) is 0 Å². The summed E-state index contributed by atoms with van der Waals surface area (Å²) < 4.78 is 36.2. The topological polar surface area (TPSA) is 145 Å². The van der Waals surface area contributed by atoms with Crippen LogP contribution in [0, 0.1) is 6.92 Å². The standard InChI is InChI=1S/C18H23N5O6S/c1-5-12(14-10-9-11(2)28-14)20-18-17(21-29-23(18)25)19-13-7-6-8-15(16(13)24)30(26,27)22(3)4/h6-10,12,25H,5H2,1-4H3,(H2,19,20,21,24)/p+1/t12-/m1/s1. The van der Waals surface area contributed by atoms with Gasteiger partial charge in [0.1, 0.15) is 32.5 Å². The van der Waals surface area contributed by atoms with Gasteiger partial charge in [0.15, 0.2) is 5.75 Å². The molecule has 0 fully saturated rings. The number of furan rings is 1. The molecule has 4 N–H and O–H groups in total. The molecule has 0 saturated carbocycles. The number of hydrogen-bond donors (Lipinski definition) is 4. The number of benzene rings is 1. The summed E-state index contributed by atoms with van der Waals surface area (Å²) >= 11 is 0. The fraction of sp³-hybridized carbons (Fsp3) is 0.333. The number of aromatic nitrogens is 2. The Morgan fingerprint density at radius 3 is 2.60 bits per heavy atom. The molecule has 1 atom stereocenters. The van der Waals surface area contributed by atoms with E-state index in [2.05, 4.69) is 15.8 Å². The summed E-state index contributed by atoms with van der Waals surface area (Å²) in [5, 5.41) is 30.1. The van der Waals surface area contributed by atoms with Gasteiger partial charge in [0.2, 0.25) is 10.0 Å². The number of phenolic OH excluding ortho intramolecular Hbond substituents is 1. The van der Waals surface area contributed by atoms with Crippen LogP contribution < -0.4 is 15.5 Å². The fourth-order valence-electron chi connectivity index (χ4n) is 2.80. The second-order valence-corrected chi connectivity index (χ2v) is 8.88. The minimum Gasteiger partial charge on any atom is -0.504 e. The van der Waals surface area contributed by atoms with Crippen LogP contribution in [0.2, 0.25) is 0 Å². The normalized spacial score (nSPS) is 12.8. The van der Waals surface area contributed by atoms with Crippen molar-refractivity contribution < 1.29 is 32.7 Å². The van der Waals surface area contributed by atoms with Crippen LogP contribution in [0.5, 0.6) is 5.75 Å². The molecule has 1 aromatic carbocycles. The summed E-state index contributed by atoms with van der Waals surface area (Å²) in [4.78, 5) is 0.156. The summed E-state index contributed by atoms with van der Waals surface area (Å²) in [6.45, 7) is 3.76. The van der Waals surface area contributed by atoms with E-state index >= 15 is 0 Å².